The van der Waals surface area contributed by atoms with Crippen LogP contribution in [0.4, 0.5) is 0 Å². The molecule has 2 aromatic heterocycles. The van der Waals surface area contributed by atoms with E-state index in [9.17, 15) is 0 Å². The minimum atomic E-state index is -0.0141. The lowest BCUT2D eigenvalue weighted by atomic mass is 9.95. The third-order valence-electron chi connectivity index (χ3n) is 3.72. The second-order valence-corrected chi connectivity index (χ2v) is 5.40. The SMILES string of the molecule is CCC(C)(CC)n1c(CCl)nc2cc(Cl)cnc21. The van der Waals surface area contributed by atoms with Crippen molar-refractivity contribution in [2.45, 2.75) is 45.0 Å². The van der Waals surface area contributed by atoms with Crippen molar-refractivity contribution in [2.24, 2.45) is 0 Å². The van der Waals surface area contributed by atoms with E-state index in [2.05, 4.69) is 35.3 Å². The van der Waals surface area contributed by atoms with Crippen LogP contribution in [0.15, 0.2) is 12.3 Å². The highest BCUT2D eigenvalue weighted by atomic mass is 35.5. The summed E-state index contributed by atoms with van der Waals surface area (Å²) in [7, 11) is 0. The van der Waals surface area contributed by atoms with Gasteiger partial charge in [-0.25, -0.2) is 9.97 Å². The van der Waals surface area contributed by atoms with Gasteiger partial charge in [0.2, 0.25) is 0 Å². The molecule has 0 bridgehead atoms. The van der Waals surface area contributed by atoms with Gasteiger partial charge in [-0.15, -0.1) is 11.6 Å². The van der Waals surface area contributed by atoms with Gasteiger partial charge in [-0.05, 0) is 25.8 Å². The number of alkyl halides is 1. The summed E-state index contributed by atoms with van der Waals surface area (Å²) in [6.07, 6.45) is 3.66. The lowest BCUT2D eigenvalue weighted by Gasteiger charge is -2.30. The molecule has 3 nitrogen and oxygen atoms in total. The Bertz CT molecular complexity index is 559. The molecule has 2 aromatic rings. The largest absolute Gasteiger partial charge is 0.306 e. The number of rotatable bonds is 4. The van der Waals surface area contributed by atoms with Crippen molar-refractivity contribution in [3.8, 4) is 0 Å². The Morgan fingerprint density at radius 2 is 2.00 bits per heavy atom. The molecule has 5 heteroatoms. The average Bonchev–Trinajstić information content (AvgIpc) is 2.75. The smallest absolute Gasteiger partial charge is 0.160 e. The van der Waals surface area contributed by atoms with E-state index in [1.54, 1.807) is 6.20 Å². The van der Waals surface area contributed by atoms with Gasteiger partial charge in [-0.2, -0.15) is 0 Å². The molecule has 0 unspecified atom stereocenters. The maximum absolute atomic E-state index is 6.02. The fraction of sp³-hybridized carbons (Fsp3) is 0.538. The van der Waals surface area contributed by atoms with Crippen LogP contribution >= 0.6 is 23.2 Å². The highest BCUT2D eigenvalue weighted by Crippen LogP contribution is 2.31. The first-order chi connectivity index (χ1) is 8.55. The normalized spacial score (nSPS) is 12.3. The van der Waals surface area contributed by atoms with E-state index in [1.165, 1.54) is 0 Å². The first kappa shape index (κ1) is 13.6. The van der Waals surface area contributed by atoms with Crippen LogP contribution in [0.5, 0.6) is 0 Å². The lowest BCUT2D eigenvalue weighted by molar-refractivity contribution is 0.294. The van der Waals surface area contributed by atoms with Crippen molar-refractivity contribution in [1.29, 1.82) is 0 Å². The predicted octanol–water partition coefficient (Wildman–Crippen LogP) is 4.36. The summed E-state index contributed by atoms with van der Waals surface area (Å²) in [6.45, 7) is 6.55. The molecule has 0 amide bonds. The van der Waals surface area contributed by atoms with Gasteiger partial charge in [0, 0.05) is 11.7 Å². The van der Waals surface area contributed by atoms with Crippen molar-refractivity contribution in [3.63, 3.8) is 0 Å². The molecular formula is C13H17Cl2N3. The standard InChI is InChI=1S/C13H17Cl2N3/c1-4-13(3,5-2)18-11(7-14)17-10-6-9(15)8-16-12(10)18/h6,8H,4-5,7H2,1-3H3. The van der Waals surface area contributed by atoms with Crippen LogP contribution in [0.25, 0.3) is 11.2 Å². The Balaban J connectivity index is 2.75. The van der Waals surface area contributed by atoms with E-state index in [0.29, 0.717) is 10.9 Å². The van der Waals surface area contributed by atoms with Gasteiger partial charge in [0.15, 0.2) is 5.65 Å². The van der Waals surface area contributed by atoms with Gasteiger partial charge in [-0.3, -0.25) is 0 Å². The van der Waals surface area contributed by atoms with Crippen molar-refractivity contribution in [3.05, 3.63) is 23.1 Å². The zero-order valence-corrected chi connectivity index (χ0v) is 12.4. The topological polar surface area (TPSA) is 30.7 Å². The van der Waals surface area contributed by atoms with Crippen LogP contribution in [-0.2, 0) is 11.4 Å². The maximum atomic E-state index is 6.02. The number of halogens is 2. The Kier molecular flexibility index (Phi) is 3.83. The Morgan fingerprint density at radius 3 is 2.56 bits per heavy atom. The summed E-state index contributed by atoms with van der Waals surface area (Å²) >= 11 is 12.0. The summed E-state index contributed by atoms with van der Waals surface area (Å²) in [5.41, 5.74) is 1.66. The first-order valence-electron chi connectivity index (χ1n) is 6.15. The molecular weight excluding hydrogens is 269 g/mol. The Hall–Kier alpha value is -0.800. The van der Waals surface area contributed by atoms with Gasteiger partial charge in [0.25, 0.3) is 0 Å². The van der Waals surface area contributed by atoms with Crippen molar-refractivity contribution >= 4 is 34.4 Å². The number of hydrogen-bond donors (Lipinski definition) is 0. The second kappa shape index (κ2) is 5.06. The lowest BCUT2D eigenvalue weighted by Crippen LogP contribution is -2.30. The van der Waals surface area contributed by atoms with Crippen LogP contribution in [0.2, 0.25) is 5.02 Å². The molecule has 0 spiro atoms. The fourth-order valence-electron chi connectivity index (χ4n) is 2.21. The van der Waals surface area contributed by atoms with E-state index in [1.807, 2.05) is 6.07 Å². The number of imidazole rings is 1. The monoisotopic (exact) mass is 285 g/mol. The molecule has 18 heavy (non-hydrogen) atoms. The molecule has 0 aliphatic rings. The number of fused-ring (bicyclic) bond motifs is 1. The van der Waals surface area contributed by atoms with E-state index in [-0.39, 0.29) is 5.54 Å². The zero-order valence-electron chi connectivity index (χ0n) is 10.9. The number of nitrogens with zero attached hydrogens (tertiary/aromatic N) is 3. The number of aromatic nitrogens is 3. The summed E-state index contributed by atoms with van der Waals surface area (Å²) in [6, 6.07) is 1.84. The molecule has 0 aliphatic heterocycles. The summed E-state index contributed by atoms with van der Waals surface area (Å²) in [4.78, 5) is 8.96. The van der Waals surface area contributed by atoms with Gasteiger partial charge >= 0.3 is 0 Å². The summed E-state index contributed by atoms with van der Waals surface area (Å²) in [5.74, 6) is 1.23. The van der Waals surface area contributed by atoms with Crippen LogP contribution in [0.1, 0.15) is 39.4 Å². The molecule has 98 valence electrons. The molecule has 0 radical (unpaired) electrons. The minimum absolute atomic E-state index is 0.0141. The van der Waals surface area contributed by atoms with Gasteiger partial charge in [0.05, 0.1) is 10.9 Å². The van der Waals surface area contributed by atoms with E-state index < -0.39 is 0 Å². The predicted molar refractivity (Wildman–Crippen MR) is 76.3 cm³/mol. The van der Waals surface area contributed by atoms with Gasteiger partial charge in [-0.1, -0.05) is 25.4 Å². The molecule has 0 saturated heterocycles. The quantitative estimate of drug-likeness (QED) is 0.782. The highest BCUT2D eigenvalue weighted by Gasteiger charge is 2.27. The Morgan fingerprint density at radius 1 is 1.33 bits per heavy atom. The van der Waals surface area contributed by atoms with Crippen LogP contribution in [-0.4, -0.2) is 14.5 Å². The summed E-state index contributed by atoms with van der Waals surface area (Å²) < 4.78 is 2.16. The maximum Gasteiger partial charge on any atom is 0.160 e. The number of pyridine rings is 1. The third kappa shape index (κ3) is 2.10. The molecule has 0 N–H and O–H groups in total. The van der Waals surface area contributed by atoms with E-state index in [4.69, 9.17) is 23.2 Å². The van der Waals surface area contributed by atoms with Crippen molar-refractivity contribution in [2.75, 3.05) is 0 Å². The molecule has 2 rings (SSSR count). The van der Waals surface area contributed by atoms with Gasteiger partial charge < -0.3 is 4.57 Å². The van der Waals surface area contributed by atoms with Crippen molar-refractivity contribution in [1.82, 2.24) is 14.5 Å². The van der Waals surface area contributed by atoms with E-state index >= 15 is 0 Å². The van der Waals surface area contributed by atoms with Crippen LogP contribution in [0, 0.1) is 0 Å². The first-order valence-corrected chi connectivity index (χ1v) is 7.06. The van der Waals surface area contributed by atoms with E-state index in [0.717, 1.165) is 29.8 Å². The van der Waals surface area contributed by atoms with Crippen molar-refractivity contribution < 1.29 is 0 Å². The molecule has 0 saturated carbocycles. The Labute approximate surface area is 117 Å². The van der Waals surface area contributed by atoms with Gasteiger partial charge in [0.1, 0.15) is 11.3 Å². The second-order valence-electron chi connectivity index (χ2n) is 4.70. The minimum Gasteiger partial charge on any atom is -0.306 e. The molecule has 0 aliphatic carbocycles. The van der Waals surface area contributed by atoms with Crippen LogP contribution < -0.4 is 0 Å². The fourth-order valence-corrected chi connectivity index (χ4v) is 2.54. The highest BCUT2D eigenvalue weighted by molar-refractivity contribution is 6.31. The van der Waals surface area contributed by atoms with Crippen LogP contribution in [0.3, 0.4) is 0 Å². The third-order valence-corrected chi connectivity index (χ3v) is 4.16. The molecule has 0 aromatic carbocycles. The zero-order chi connectivity index (χ0) is 13.3. The molecule has 0 fully saturated rings. The molecule has 0 atom stereocenters. The molecule has 2 heterocycles. The average molecular weight is 286 g/mol. The number of hydrogen-bond acceptors (Lipinski definition) is 2. The summed E-state index contributed by atoms with van der Waals surface area (Å²) in [5, 5.41) is 0.600.